The Balaban J connectivity index is 0.000000130. The van der Waals surface area contributed by atoms with Gasteiger partial charge in [-0.1, -0.05) is 194 Å². The Morgan fingerprint density at radius 1 is 0.215 bits per heavy atom. The van der Waals surface area contributed by atoms with Crippen molar-refractivity contribution in [1.29, 1.82) is 0 Å². The minimum atomic E-state index is -0.483. The quantitative estimate of drug-likeness (QED) is 0.0219. The third kappa shape index (κ3) is 31.3. The number of nitrogens with zero attached hydrogens (tertiary/aromatic N) is 6. The summed E-state index contributed by atoms with van der Waals surface area (Å²) in [6, 6.07) is 135. The number of aromatic nitrogens is 6. The maximum absolute atomic E-state index is 13.9. The standard InChI is InChI=1S/C21H21NO.C19H16FNO.C18H16N2O.3C17H13FN2O.C16H13N3O/c1-15-6-4-5-7-20(15)21-13-12-19(14-16(21)2)23-18-10-8-17(22-3)9-11-18;1-21-16-9-12-19(18(20)13-16)22-17-10-7-15(8-11-17)14-5-3-2-4-6-14;1-19-16-9-12-18(20-13-16)21-17-10-7-15(8-11-17)14-5-3-2-4-6-14;18-14-5-1-12(2-6-14)13-3-8-16(9-4-13)21-17-10-7-15(19)11-20-17;18-16-10-14(19)5-8-17(16)21-15-6-3-12(4-7-15)13-2-1-9-20-11-13;18-15-11-13(19)6-9-17(15)21-14-7-4-12(5-8-14)16-3-1-2-10-20-16;17-13-6-9-16(19-10-13)20-14-7-8-15(18-11-14)12-4-2-1-3-5-12/h4-14,22H,1-3H3;2-13,21H,1H3;2-13,19H,1H3;3*1-11H,19H2;1-11H,17H2. The summed E-state index contributed by atoms with van der Waals surface area (Å²) in [6.45, 7) is 4.27. The average Bonchev–Trinajstić information content (AvgIpc) is 0.814. The number of hydrogen-bond acceptors (Lipinski definition) is 20. The van der Waals surface area contributed by atoms with E-state index in [4.69, 9.17) is 56.1 Å². The van der Waals surface area contributed by atoms with Crippen LogP contribution < -0.4 is 72.0 Å². The highest BCUT2D eigenvalue weighted by Crippen LogP contribution is 2.38. The number of aryl methyl sites for hydroxylation is 2. The topological polar surface area (TPSA) is 282 Å². The minimum Gasteiger partial charge on any atom is -0.457 e. The van der Waals surface area contributed by atoms with Crippen LogP contribution in [0.5, 0.6) is 80.9 Å². The van der Waals surface area contributed by atoms with Gasteiger partial charge in [-0.25, -0.2) is 32.5 Å². The first-order chi connectivity index (χ1) is 72.7. The molecule has 0 radical (unpaired) electrons. The maximum Gasteiger partial charge on any atom is 0.219 e. The van der Waals surface area contributed by atoms with E-state index in [1.54, 1.807) is 135 Å². The normalized spacial score (nSPS) is 10.3. The van der Waals surface area contributed by atoms with Gasteiger partial charge in [0.2, 0.25) is 17.6 Å². The second-order valence-electron chi connectivity index (χ2n) is 33.1. The van der Waals surface area contributed by atoms with E-state index in [-0.39, 0.29) is 28.9 Å². The highest BCUT2D eigenvalue weighted by Gasteiger charge is 2.15. The van der Waals surface area contributed by atoms with Crippen molar-refractivity contribution in [2.75, 3.05) is 60.0 Å². The lowest BCUT2D eigenvalue weighted by atomic mass is 9.96. The maximum atomic E-state index is 13.9. The molecule has 20 nitrogen and oxygen atoms in total. The summed E-state index contributed by atoms with van der Waals surface area (Å²) in [7, 11) is 5.51. The van der Waals surface area contributed by atoms with Gasteiger partial charge >= 0.3 is 0 Å². The summed E-state index contributed by atoms with van der Waals surface area (Å²) >= 11 is 0. The van der Waals surface area contributed by atoms with E-state index < -0.39 is 11.6 Å². The molecule has 0 aliphatic carbocycles. The Morgan fingerprint density at radius 3 is 0.993 bits per heavy atom. The molecule has 0 atom stereocenters. The molecular weight excluding hydrogens is 1870 g/mol. The molecule has 0 amide bonds. The van der Waals surface area contributed by atoms with Gasteiger partial charge in [0.15, 0.2) is 34.7 Å². The summed E-state index contributed by atoms with van der Waals surface area (Å²) in [5.41, 5.74) is 44.3. The molecule has 21 rings (SSSR count). The second-order valence-corrected chi connectivity index (χ2v) is 33.1. The summed E-state index contributed by atoms with van der Waals surface area (Å²) < 4.78 is 93.6. The molecule has 0 spiro atoms. The van der Waals surface area contributed by atoms with Crippen molar-refractivity contribution < 1.29 is 50.7 Å². The lowest BCUT2D eigenvalue weighted by Crippen LogP contribution is -1.92. The molecule has 6 aromatic heterocycles. The molecule has 24 heteroatoms. The van der Waals surface area contributed by atoms with Crippen molar-refractivity contribution in [2.24, 2.45) is 0 Å². The predicted molar refractivity (Wildman–Crippen MR) is 591 cm³/mol. The van der Waals surface area contributed by atoms with E-state index in [1.165, 1.54) is 75.8 Å². The fourth-order valence-electron chi connectivity index (χ4n) is 14.6. The van der Waals surface area contributed by atoms with Crippen LogP contribution in [0.25, 0.3) is 78.1 Å². The zero-order valence-electron chi connectivity index (χ0n) is 82.0. The number of nitrogens with one attached hydrogen (secondary N) is 3. The number of anilines is 7. The van der Waals surface area contributed by atoms with Crippen molar-refractivity contribution in [3.05, 3.63) is 515 Å². The Bertz CT molecular complexity index is 7610. The fraction of sp³-hybridized carbons (Fsp3) is 0.0400. The SMILES string of the molecule is CNc1ccc(Oc2ccc(-c3ccccc3)cc2)c(F)c1.CNc1ccc(Oc2ccc(-c3ccccc3)cc2)nc1.CNc1ccc(Oc2ccc(-c3ccccc3C)c(C)c2)cc1.Nc1ccc(Oc2ccc(-c3ccc(F)cc3)cc2)nc1.Nc1ccc(Oc2ccc(-c3ccccc3)nc2)nc1.Nc1ccc(Oc2ccc(-c3ccccn3)cc2)c(F)c1.Nc1ccc(Oc2ccc(-c3cccnc3)cc2)c(F)c1. The van der Waals surface area contributed by atoms with Crippen LogP contribution in [0, 0.1) is 37.1 Å². The van der Waals surface area contributed by atoms with Crippen molar-refractivity contribution in [1.82, 2.24) is 29.9 Å². The second kappa shape index (κ2) is 52.7. The van der Waals surface area contributed by atoms with Crippen LogP contribution in [-0.4, -0.2) is 51.0 Å². The van der Waals surface area contributed by atoms with E-state index in [0.717, 1.165) is 84.5 Å². The lowest BCUT2D eigenvalue weighted by molar-refractivity contribution is 0.442. The van der Waals surface area contributed by atoms with Crippen molar-refractivity contribution in [2.45, 2.75) is 13.8 Å². The molecule has 11 N–H and O–H groups in total. The van der Waals surface area contributed by atoms with Crippen LogP contribution in [0.3, 0.4) is 0 Å². The van der Waals surface area contributed by atoms with E-state index in [1.807, 2.05) is 275 Å². The number of benzene rings is 15. The third-order valence-corrected chi connectivity index (χ3v) is 22.5. The summed E-state index contributed by atoms with van der Waals surface area (Å²) in [4.78, 5) is 25.1. The van der Waals surface area contributed by atoms with Crippen LogP contribution in [0.15, 0.2) is 480 Å². The summed E-state index contributed by atoms with van der Waals surface area (Å²) in [5.74, 6) is 6.00. The molecule has 0 fully saturated rings. The largest absolute Gasteiger partial charge is 0.457 e. The van der Waals surface area contributed by atoms with Gasteiger partial charge in [0.05, 0.1) is 53.2 Å². The highest BCUT2D eigenvalue weighted by molar-refractivity contribution is 5.73. The van der Waals surface area contributed by atoms with Crippen LogP contribution in [0.1, 0.15) is 11.1 Å². The number of ether oxygens (including phenoxy) is 7. The van der Waals surface area contributed by atoms with Gasteiger partial charge < -0.3 is 72.0 Å². The van der Waals surface area contributed by atoms with Crippen LogP contribution in [0.4, 0.5) is 57.4 Å². The third-order valence-electron chi connectivity index (χ3n) is 22.5. The molecule has 6 heterocycles. The zero-order valence-corrected chi connectivity index (χ0v) is 82.0. The van der Waals surface area contributed by atoms with Gasteiger partial charge in [-0.2, -0.15) is 0 Å². The van der Waals surface area contributed by atoms with E-state index in [0.29, 0.717) is 74.8 Å². The predicted octanol–water partition coefficient (Wildman–Crippen LogP) is 32.0. The molecule has 740 valence electrons. The van der Waals surface area contributed by atoms with Crippen LogP contribution in [-0.2, 0) is 0 Å². The molecule has 0 saturated heterocycles. The van der Waals surface area contributed by atoms with E-state index in [9.17, 15) is 17.6 Å². The van der Waals surface area contributed by atoms with Crippen molar-refractivity contribution >= 4 is 39.8 Å². The van der Waals surface area contributed by atoms with Crippen LogP contribution >= 0.6 is 0 Å². The van der Waals surface area contributed by atoms with Gasteiger partial charge in [0, 0.05) is 110 Å². The Morgan fingerprint density at radius 2 is 0.570 bits per heavy atom. The fourth-order valence-corrected chi connectivity index (χ4v) is 14.6. The molecular formula is C125H105F4N13O7. The summed E-state index contributed by atoms with van der Waals surface area (Å²) in [5, 5.41) is 9.02. The number of halogens is 4. The first-order valence-corrected chi connectivity index (χ1v) is 47.3. The van der Waals surface area contributed by atoms with Crippen LogP contribution in [0.2, 0.25) is 0 Å². The number of nitrogens with two attached hydrogens (primary N) is 4. The molecule has 0 bridgehead atoms. The molecule has 15 aromatic carbocycles. The molecule has 0 aliphatic heterocycles. The molecule has 0 saturated carbocycles. The molecule has 0 aliphatic rings. The van der Waals surface area contributed by atoms with Gasteiger partial charge in [0.25, 0.3) is 0 Å². The minimum absolute atomic E-state index is 0.148. The number of nitrogen functional groups attached to an aromatic ring is 4. The average molecular weight is 1980 g/mol. The molecule has 149 heavy (non-hydrogen) atoms. The van der Waals surface area contributed by atoms with Crippen molar-refractivity contribution in [3.8, 4) is 159 Å². The summed E-state index contributed by atoms with van der Waals surface area (Å²) in [6.07, 6.45) is 11.8. The van der Waals surface area contributed by atoms with Gasteiger partial charge in [-0.05, 0) is 287 Å². The molecule has 21 aromatic rings. The van der Waals surface area contributed by atoms with Gasteiger partial charge in [0.1, 0.15) is 51.8 Å². The number of rotatable bonds is 24. The van der Waals surface area contributed by atoms with Gasteiger partial charge in [-0.15, -0.1) is 0 Å². The number of hydrogen-bond donors (Lipinski definition) is 7. The zero-order chi connectivity index (χ0) is 104. The first kappa shape index (κ1) is 103. The highest BCUT2D eigenvalue weighted by atomic mass is 19.1. The van der Waals surface area contributed by atoms with Crippen molar-refractivity contribution in [3.63, 3.8) is 0 Å². The number of pyridine rings is 6. The Labute approximate surface area is 862 Å². The van der Waals surface area contributed by atoms with E-state index in [2.05, 4.69) is 108 Å². The van der Waals surface area contributed by atoms with Gasteiger partial charge in [-0.3, -0.25) is 15.0 Å². The molecule has 0 unspecified atom stereocenters. The Kier molecular flexibility index (Phi) is 36.6. The van der Waals surface area contributed by atoms with E-state index >= 15 is 0 Å². The lowest BCUT2D eigenvalue weighted by Gasteiger charge is -2.12. The Hall–Kier alpha value is -19.9. The monoisotopic (exact) mass is 1980 g/mol. The first-order valence-electron chi connectivity index (χ1n) is 47.3. The smallest absolute Gasteiger partial charge is 0.219 e.